The Labute approximate surface area is 131 Å². The molecular formula is C16H23N3O3. The van der Waals surface area contributed by atoms with Gasteiger partial charge in [-0.1, -0.05) is 18.2 Å². The molecule has 2 rings (SSSR count). The summed E-state index contributed by atoms with van der Waals surface area (Å²) in [5.41, 5.74) is 0.966. The number of carbonyl (C=O) groups excluding carboxylic acids is 2. The molecule has 1 aromatic carbocycles. The Morgan fingerprint density at radius 2 is 2.05 bits per heavy atom. The molecule has 0 aliphatic carbocycles. The zero-order valence-electron chi connectivity index (χ0n) is 13.5. The molecule has 0 saturated heterocycles. The minimum Gasteiger partial charge on any atom is -0.491 e. The van der Waals surface area contributed by atoms with Crippen LogP contribution in [0.25, 0.3) is 0 Å². The fourth-order valence-electron chi connectivity index (χ4n) is 2.40. The first-order valence-corrected chi connectivity index (χ1v) is 7.39. The van der Waals surface area contributed by atoms with E-state index in [0.717, 1.165) is 11.3 Å². The van der Waals surface area contributed by atoms with Crippen LogP contribution in [0, 0.1) is 0 Å². The van der Waals surface area contributed by atoms with E-state index in [1.165, 1.54) is 4.90 Å². The highest BCUT2D eigenvalue weighted by atomic mass is 16.5. The lowest BCUT2D eigenvalue weighted by molar-refractivity contribution is -0.130. The van der Waals surface area contributed by atoms with Crippen molar-refractivity contribution in [3.63, 3.8) is 0 Å². The first-order chi connectivity index (χ1) is 10.4. The first kappa shape index (κ1) is 16.1. The molecule has 1 aliphatic rings. The molecule has 2 atom stereocenters. The maximum Gasteiger partial charge on any atom is 0.318 e. The van der Waals surface area contributed by atoms with Gasteiger partial charge in [0.2, 0.25) is 5.91 Å². The molecule has 0 aromatic heterocycles. The normalized spacial score (nSPS) is 18.5. The van der Waals surface area contributed by atoms with Gasteiger partial charge in [-0.05, 0) is 19.9 Å². The molecule has 0 saturated carbocycles. The molecule has 120 valence electrons. The zero-order valence-corrected chi connectivity index (χ0v) is 13.5. The Morgan fingerprint density at radius 3 is 2.73 bits per heavy atom. The van der Waals surface area contributed by atoms with Crippen molar-refractivity contribution in [2.24, 2.45) is 0 Å². The number of urea groups is 1. The van der Waals surface area contributed by atoms with Gasteiger partial charge >= 0.3 is 6.03 Å². The summed E-state index contributed by atoms with van der Waals surface area (Å²) in [7, 11) is 3.34. The molecule has 0 radical (unpaired) electrons. The van der Waals surface area contributed by atoms with Gasteiger partial charge in [-0.25, -0.2) is 4.79 Å². The maximum absolute atomic E-state index is 12.5. The van der Waals surface area contributed by atoms with E-state index >= 15 is 0 Å². The van der Waals surface area contributed by atoms with Crippen LogP contribution in [0.5, 0.6) is 5.75 Å². The lowest BCUT2D eigenvalue weighted by Crippen LogP contribution is -2.52. The second-order valence-electron chi connectivity index (χ2n) is 5.80. The summed E-state index contributed by atoms with van der Waals surface area (Å²) < 4.78 is 5.73. The van der Waals surface area contributed by atoms with Crippen LogP contribution in [0.3, 0.4) is 0 Å². The highest BCUT2D eigenvalue weighted by Crippen LogP contribution is 2.24. The molecule has 1 heterocycles. The van der Waals surface area contributed by atoms with Gasteiger partial charge in [0.1, 0.15) is 18.4 Å². The van der Waals surface area contributed by atoms with Crippen molar-refractivity contribution >= 4 is 11.9 Å². The second-order valence-corrected chi connectivity index (χ2v) is 5.80. The van der Waals surface area contributed by atoms with Crippen molar-refractivity contribution in [3.05, 3.63) is 29.8 Å². The standard InChI is InChI=1S/C16H23N3O3/c1-11-10-22-14-8-6-5-7-13(14)9-19(11)16(21)17-12(2)15(20)18(3)4/h5-8,11-12H,9-10H2,1-4H3,(H,17,21)/t11-,12+/m1/s1. The van der Waals surface area contributed by atoms with Crippen LogP contribution in [0.1, 0.15) is 19.4 Å². The number of hydrogen-bond acceptors (Lipinski definition) is 3. The van der Waals surface area contributed by atoms with E-state index < -0.39 is 6.04 Å². The van der Waals surface area contributed by atoms with Gasteiger partial charge in [-0.3, -0.25) is 4.79 Å². The summed E-state index contributed by atoms with van der Waals surface area (Å²) in [6, 6.07) is 6.80. The van der Waals surface area contributed by atoms with Crippen LogP contribution in [0.4, 0.5) is 4.79 Å². The van der Waals surface area contributed by atoms with E-state index in [2.05, 4.69) is 5.32 Å². The Morgan fingerprint density at radius 1 is 1.36 bits per heavy atom. The third-order valence-corrected chi connectivity index (χ3v) is 3.74. The SMILES string of the molecule is C[C@H](NC(=O)N1Cc2ccccc2OC[C@H]1C)C(=O)N(C)C. The van der Waals surface area contributed by atoms with E-state index in [9.17, 15) is 9.59 Å². The largest absolute Gasteiger partial charge is 0.491 e. The number of rotatable bonds is 2. The third-order valence-electron chi connectivity index (χ3n) is 3.74. The fourth-order valence-corrected chi connectivity index (χ4v) is 2.40. The van der Waals surface area contributed by atoms with Crippen LogP contribution in [0.15, 0.2) is 24.3 Å². The van der Waals surface area contributed by atoms with Crippen LogP contribution in [-0.4, -0.2) is 54.5 Å². The summed E-state index contributed by atoms with van der Waals surface area (Å²) >= 11 is 0. The van der Waals surface area contributed by atoms with Crippen molar-refractivity contribution in [1.82, 2.24) is 15.1 Å². The van der Waals surface area contributed by atoms with Crippen LogP contribution in [-0.2, 0) is 11.3 Å². The number of likely N-dealkylation sites (N-methyl/N-ethyl adjacent to an activating group) is 1. The number of hydrogen-bond donors (Lipinski definition) is 1. The quantitative estimate of drug-likeness (QED) is 0.900. The van der Waals surface area contributed by atoms with E-state index in [1.54, 1.807) is 25.9 Å². The molecule has 6 nitrogen and oxygen atoms in total. The molecule has 22 heavy (non-hydrogen) atoms. The molecule has 0 fully saturated rings. The van der Waals surface area contributed by atoms with Gasteiger partial charge in [-0.2, -0.15) is 0 Å². The zero-order chi connectivity index (χ0) is 16.3. The smallest absolute Gasteiger partial charge is 0.318 e. The summed E-state index contributed by atoms with van der Waals surface area (Å²) in [4.78, 5) is 27.5. The lowest BCUT2D eigenvalue weighted by atomic mass is 10.2. The lowest BCUT2D eigenvalue weighted by Gasteiger charge is -2.28. The number of benzene rings is 1. The predicted molar refractivity (Wildman–Crippen MR) is 83.6 cm³/mol. The number of para-hydroxylation sites is 1. The summed E-state index contributed by atoms with van der Waals surface area (Å²) in [6.07, 6.45) is 0. The Bertz CT molecular complexity index is 559. The average molecular weight is 305 g/mol. The molecule has 6 heteroatoms. The summed E-state index contributed by atoms with van der Waals surface area (Å²) in [6.45, 7) is 4.52. The molecule has 0 spiro atoms. The highest BCUT2D eigenvalue weighted by molar-refractivity contribution is 5.86. The summed E-state index contributed by atoms with van der Waals surface area (Å²) in [5.74, 6) is 0.676. The van der Waals surface area contributed by atoms with Gasteiger partial charge in [0.25, 0.3) is 0 Å². The van der Waals surface area contributed by atoms with E-state index in [0.29, 0.717) is 13.2 Å². The van der Waals surface area contributed by atoms with Crippen molar-refractivity contribution < 1.29 is 14.3 Å². The number of ether oxygens (including phenoxy) is 1. The van der Waals surface area contributed by atoms with Gasteiger partial charge in [0, 0.05) is 19.7 Å². The second kappa shape index (κ2) is 6.68. The van der Waals surface area contributed by atoms with E-state index in [4.69, 9.17) is 4.74 Å². The Kier molecular flexibility index (Phi) is 4.90. The first-order valence-electron chi connectivity index (χ1n) is 7.39. The Hall–Kier alpha value is -2.24. The van der Waals surface area contributed by atoms with Crippen molar-refractivity contribution in [2.75, 3.05) is 20.7 Å². The minimum atomic E-state index is -0.561. The van der Waals surface area contributed by atoms with Crippen molar-refractivity contribution in [2.45, 2.75) is 32.5 Å². The molecule has 1 aliphatic heterocycles. The predicted octanol–water partition coefficient (Wildman–Crippen LogP) is 1.46. The van der Waals surface area contributed by atoms with Gasteiger partial charge < -0.3 is 19.9 Å². The van der Waals surface area contributed by atoms with Crippen LogP contribution in [0.2, 0.25) is 0 Å². The number of amides is 3. The molecule has 0 bridgehead atoms. The average Bonchev–Trinajstić information content (AvgIpc) is 2.66. The molecule has 1 aromatic rings. The highest BCUT2D eigenvalue weighted by Gasteiger charge is 2.27. The van der Waals surface area contributed by atoms with E-state index in [-0.39, 0.29) is 18.0 Å². The fraction of sp³-hybridized carbons (Fsp3) is 0.500. The minimum absolute atomic E-state index is 0.0749. The molecule has 3 amide bonds. The maximum atomic E-state index is 12.5. The monoisotopic (exact) mass is 305 g/mol. The van der Waals surface area contributed by atoms with Crippen LogP contribution >= 0.6 is 0 Å². The number of nitrogens with one attached hydrogen (secondary N) is 1. The molecule has 1 N–H and O–H groups in total. The van der Waals surface area contributed by atoms with Crippen LogP contribution < -0.4 is 10.1 Å². The summed E-state index contributed by atoms with van der Waals surface area (Å²) in [5, 5.41) is 2.76. The van der Waals surface area contributed by atoms with Gasteiger partial charge in [0.05, 0.1) is 12.6 Å². The van der Waals surface area contributed by atoms with Gasteiger partial charge in [0.15, 0.2) is 0 Å². The number of fused-ring (bicyclic) bond motifs is 1. The number of carbonyl (C=O) groups is 2. The van der Waals surface area contributed by atoms with Crippen molar-refractivity contribution in [1.29, 1.82) is 0 Å². The Balaban J connectivity index is 2.10. The van der Waals surface area contributed by atoms with Crippen molar-refractivity contribution in [3.8, 4) is 5.75 Å². The molecular weight excluding hydrogens is 282 g/mol. The third kappa shape index (κ3) is 3.50. The molecule has 0 unspecified atom stereocenters. The van der Waals surface area contributed by atoms with E-state index in [1.807, 2.05) is 31.2 Å². The number of nitrogens with zero attached hydrogens (tertiary/aromatic N) is 2. The van der Waals surface area contributed by atoms with Gasteiger partial charge in [-0.15, -0.1) is 0 Å². The topological polar surface area (TPSA) is 61.9 Å².